The van der Waals surface area contributed by atoms with E-state index in [2.05, 4.69) is 24.0 Å². The molecule has 4 nitrogen and oxygen atoms in total. The molecule has 4 heteroatoms. The van der Waals surface area contributed by atoms with Crippen LogP contribution in [0.5, 0.6) is 11.5 Å². The van der Waals surface area contributed by atoms with Crippen molar-refractivity contribution in [3.05, 3.63) is 23.8 Å². The van der Waals surface area contributed by atoms with Crippen molar-refractivity contribution in [1.29, 1.82) is 0 Å². The summed E-state index contributed by atoms with van der Waals surface area (Å²) in [7, 11) is 3.36. The lowest BCUT2D eigenvalue weighted by atomic mass is 9.65. The summed E-state index contributed by atoms with van der Waals surface area (Å²) in [6.07, 6.45) is 3.81. The van der Waals surface area contributed by atoms with Gasteiger partial charge in [0.1, 0.15) is 0 Å². The molecular weight excluding hydrogens is 278 g/mol. The molecule has 1 aromatic rings. The van der Waals surface area contributed by atoms with Gasteiger partial charge in [0.15, 0.2) is 11.5 Å². The zero-order valence-corrected chi connectivity index (χ0v) is 13.8. The molecule has 22 heavy (non-hydrogen) atoms. The van der Waals surface area contributed by atoms with Crippen LogP contribution in [0.1, 0.15) is 38.2 Å². The second-order valence-electron chi connectivity index (χ2n) is 6.55. The highest BCUT2D eigenvalue weighted by Gasteiger charge is 2.50. The van der Waals surface area contributed by atoms with Gasteiger partial charge in [0, 0.05) is 11.5 Å². The quantitative estimate of drug-likeness (QED) is 0.928. The molecule has 2 fully saturated rings. The summed E-state index contributed by atoms with van der Waals surface area (Å²) >= 11 is 0. The lowest BCUT2D eigenvalue weighted by Gasteiger charge is -2.44. The Bertz CT molecular complexity index is 533. The van der Waals surface area contributed by atoms with Gasteiger partial charge in [-0.2, -0.15) is 0 Å². The van der Waals surface area contributed by atoms with Crippen LogP contribution in [0, 0.1) is 0 Å². The van der Waals surface area contributed by atoms with Gasteiger partial charge in [-0.05, 0) is 56.5 Å². The van der Waals surface area contributed by atoms with E-state index >= 15 is 0 Å². The molecule has 1 saturated carbocycles. The first kappa shape index (κ1) is 15.6. The number of nitrogens with zero attached hydrogens (tertiary/aromatic N) is 1. The average molecular weight is 305 g/mol. The van der Waals surface area contributed by atoms with Gasteiger partial charge in [0.05, 0.1) is 20.3 Å². The normalized spacial score (nSPS) is 31.8. The van der Waals surface area contributed by atoms with Gasteiger partial charge in [-0.15, -0.1) is 0 Å². The summed E-state index contributed by atoms with van der Waals surface area (Å²) < 4.78 is 10.9. The molecule has 0 amide bonds. The van der Waals surface area contributed by atoms with E-state index in [1.807, 2.05) is 6.07 Å². The van der Waals surface area contributed by atoms with Gasteiger partial charge < -0.3 is 14.6 Å². The smallest absolute Gasteiger partial charge is 0.161 e. The van der Waals surface area contributed by atoms with E-state index in [0.717, 1.165) is 50.3 Å². The number of ether oxygens (including phenoxy) is 2. The molecular formula is C18H27NO3. The van der Waals surface area contributed by atoms with Gasteiger partial charge in [-0.25, -0.2) is 0 Å². The standard InChI is InChI=1S/C18H27NO3/c1-4-19-10-9-18(8-7-14(20)12-17(18)19)13-5-6-15(21-2)16(11-13)22-3/h5-6,11,14,17,20H,4,7-10,12H2,1-3H3/t14-,17+,18+/m1/s1. The zero-order chi connectivity index (χ0) is 15.7. The van der Waals surface area contributed by atoms with Crippen molar-refractivity contribution in [3.63, 3.8) is 0 Å². The summed E-state index contributed by atoms with van der Waals surface area (Å²) in [6, 6.07) is 6.77. The minimum atomic E-state index is -0.162. The summed E-state index contributed by atoms with van der Waals surface area (Å²) in [6.45, 7) is 4.38. The van der Waals surface area contributed by atoms with Gasteiger partial charge >= 0.3 is 0 Å². The third kappa shape index (κ3) is 2.38. The second kappa shape index (κ2) is 6.09. The molecule has 0 spiro atoms. The molecule has 1 aliphatic carbocycles. The molecule has 1 aromatic carbocycles. The summed E-state index contributed by atoms with van der Waals surface area (Å²) in [5.74, 6) is 1.58. The molecule has 3 atom stereocenters. The van der Waals surface area contributed by atoms with E-state index in [1.54, 1.807) is 14.2 Å². The third-order valence-corrected chi connectivity index (χ3v) is 5.71. The Labute approximate surface area is 133 Å². The van der Waals surface area contributed by atoms with Crippen LogP contribution in [0.3, 0.4) is 0 Å². The van der Waals surface area contributed by atoms with Crippen molar-refractivity contribution in [1.82, 2.24) is 4.90 Å². The topological polar surface area (TPSA) is 41.9 Å². The van der Waals surface area contributed by atoms with Gasteiger partial charge in [0.25, 0.3) is 0 Å². The van der Waals surface area contributed by atoms with Crippen molar-refractivity contribution in [3.8, 4) is 11.5 Å². The number of hydrogen-bond donors (Lipinski definition) is 1. The monoisotopic (exact) mass is 305 g/mol. The Morgan fingerprint density at radius 1 is 1.23 bits per heavy atom. The fraction of sp³-hybridized carbons (Fsp3) is 0.667. The lowest BCUT2D eigenvalue weighted by Crippen LogP contribution is -2.48. The van der Waals surface area contributed by atoms with Crippen molar-refractivity contribution in [2.24, 2.45) is 0 Å². The summed E-state index contributed by atoms with van der Waals surface area (Å²) in [5, 5.41) is 10.1. The lowest BCUT2D eigenvalue weighted by molar-refractivity contribution is 0.0507. The Kier molecular flexibility index (Phi) is 4.33. The first-order valence-corrected chi connectivity index (χ1v) is 8.29. The number of aliphatic hydroxyl groups excluding tert-OH is 1. The number of likely N-dealkylation sites (N-methyl/N-ethyl adjacent to an activating group) is 1. The van der Waals surface area contributed by atoms with Crippen LogP contribution in [0.2, 0.25) is 0 Å². The van der Waals surface area contributed by atoms with E-state index in [1.165, 1.54) is 5.56 Å². The largest absolute Gasteiger partial charge is 0.493 e. The Morgan fingerprint density at radius 3 is 2.68 bits per heavy atom. The maximum absolute atomic E-state index is 10.1. The number of hydrogen-bond acceptors (Lipinski definition) is 4. The van der Waals surface area contributed by atoms with Crippen molar-refractivity contribution in [2.75, 3.05) is 27.3 Å². The number of methoxy groups -OCH3 is 2. The van der Waals surface area contributed by atoms with Crippen LogP contribution < -0.4 is 9.47 Å². The molecule has 0 radical (unpaired) electrons. The summed E-state index contributed by atoms with van der Waals surface area (Å²) in [4.78, 5) is 2.53. The molecule has 1 heterocycles. The third-order valence-electron chi connectivity index (χ3n) is 5.71. The van der Waals surface area contributed by atoms with Gasteiger partial charge in [-0.3, -0.25) is 4.90 Å². The number of fused-ring (bicyclic) bond motifs is 1. The number of benzene rings is 1. The van der Waals surface area contributed by atoms with Crippen LogP contribution in [-0.4, -0.2) is 49.5 Å². The molecule has 2 aliphatic rings. The molecule has 0 bridgehead atoms. The Hall–Kier alpha value is -1.26. The van der Waals surface area contributed by atoms with E-state index in [4.69, 9.17) is 9.47 Å². The number of rotatable bonds is 4. The van der Waals surface area contributed by atoms with E-state index in [0.29, 0.717) is 6.04 Å². The fourth-order valence-electron chi connectivity index (χ4n) is 4.49. The van der Waals surface area contributed by atoms with Gasteiger partial charge in [0.2, 0.25) is 0 Å². The average Bonchev–Trinajstić information content (AvgIpc) is 2.93. The molecule has 0 unspecified atom stereocenters. The van der Waals surface area contributed by atoms with Crippen LogP contribution in [0.15, 0.2) is 18.2 Å². The van der Waals surface area contributed by atoms with Crippen molar-refractivity contribution in [2.45, 2.75) is 50.2 Å². The van der Waals surface area contributed by atoms with Crippen LogP contribution in [-0.2, 0) is 5.41 Å². The predicted molar refractivity (Wildman–Crippen MR) is 86.7 cm³/mol. The molecule has 122 valence electrons. The molecule has 1 N–H and O–H groups in total. The highest BCUT2D eigenvalue weighted by atomic mass is 16.5. The highest BCUT2D eigenvalue weighted by molar-refractivity contribution is 5.46. The highest BCUT2D eigenvalue weighted by Crippen LogP contribution is 2.50. The Morgan fingerprint density at radius 2 is 2.00 bits per heavy atom. The van der Waals surface area contributed by atoms with Crippen molar-refractivity contribution < 1.29 is 14.6 Å². The van der Waals surface area contributed by atoms with E-state index in [-0.39, 0.29) is 11.5 Å². The van der Waals surface area contributed by atoms with Crippen LogP contribution >= 0.6 is 0 Å². The first-order chi connectivity index (χ1) is 10.6. The van der Waals surface area contributed by atoms with E-state index in [9.17, 15) is 5.11 Å². The zero-order valence-electron chi connectivity index (χ0n) is 13.8. The fourth-order valence-corrected chi connectivity index (χ4v) is 4.49. The predicted octanol–water partition coefficient (Wildman–Crippen LogP) is 2.58. The SMILES string of the molecule is CCN1CC[C@]2(c3ccc(OC)c(OC)c3)CC[C@@H](O)C[C@H]12. The van der Waals surface area contributed by atoms with Crippen LogP contribution in [0.25, 0.3) is 0 Å². The molecule has 3 rings (SSSR count). The first-order valence-electron chi connectivity index (χ1n) is 8.29. The second-order valence-corrected chi connectivity index (χ2v) is 6.55. The minimum Gasteiger partial charge on any atom is -0.493 e. The summed E-state index contributed by atoms with van der Waals surface area (Å²) in [5.41, 5.74) is 1.48. The van der Waals surface area contributed by atoms with Gasteiger partial charge in [-0.1, -0.05) is 13.0 Å². The minimum absolute atomic E-state index is 0.148. The van der Waals surface area contributed by atoms with Crippen molar-refractivity contribution >= 4 is 0 Å². The maximum atomic E-state index is 10.1. The van der Waals surface area contributed by atoms with Crippen LogP contribution in [0.4, 0.5) is 0 Å². The van der Waals surface area contributed by atoms with E-state index < -0.39 is 0 Å². The Balaban J connectivity index is 2.00. The number of likely N-dealkylation sites (tertiary alicyclic amines) is 1. The maximum Gasteiger partial charge on any atom is 0.161 e. The molecule has 1 aliphatic heterocycles. The molecule has 0 aromatic heterocycles. The molecule has 1 saturated heterocycles. The number of aliphatic hydroxyl groups is 1.